The number of phenols is 1. The van der Waals surface area contributed by atoms with Crippen molar-refractivity contribution in [3.05, 3.63) is 63.7 Å². The van der Waals surface area contributed by atoms with Gasteiger partial charge in [0.25, 0.3) is 5.91 Å². The van der Waals surface area contributed by atoms with Crippen LogP contribution in [-0.2, 0) is 6.18 Å². The molecule has 0 heterocycles. The SMILES string of the molecule is Cc1ccc(C(=O)N/N=C/c2cc(C(F)(F)F)cc(Cl)c2O)cc1. The number of nitrogens with zero attached hydrogens (tertiary/aromatic N) is 1. The van der Waals surface area contributed by atoms with Gasteiger partial charge in [0, 0.05) is 11.1 Å². The molecule has 1 amide bonds. The van der Waals surface area contributed by atoms with Crippen LogP contribution < -0.4 is 5.43 Å². The topological polar surface area (TPSA) is 61.7 Å². The van der Waals surface area contributed by atoms with Crippen LogP contribution in [0.2, 0.25) is 5.02 Å². The van der Waals surface area contributed by atoms with Crippen LogP contribution in [0.1, 0.15) is 27.0 Å². The third kappa shape index (κ3) is 4.26. The highest BCUT2D eigenvalue weighted by molar-refractivity contribution is 6.32. The number of amides is 1. The van der Waals surface area contributed by atoms with Crippen molar-refractivity contribution in [2.24, 2.45) is 5.10 Å². The molecule has 0 unspecified atom stereocenters. The van der Waals surface area contributed by atoms with Crippen molar-refractivity contribution in [1.29, 1.82) is 0 Å². The van der Waals surface area contributed by atoms with Gasteiger partial charge in [0.05, 0.1) is 16.8 Å². The van der Waals surface area contributed by atoms with Gasteiger partial charge in [0.2, 0.25) is 0 Å². The minimum Gasteiger partial charge on any atom is -0.506 e. The largest absolute Gasteiger partial charge is 0.506 e. The average molecular weight is 357 g/mol. The molecule has 0 saturated heterocycles. The second-order valence-corrected chi connectivity index (χ2v) is 5.37. The van der Waals surface area contributed by atoms with Crippen molar-refractivity contribution in [3.8, 4) is 5.75 Å². The molecule has 8 heteroatoms. The van der Waals surface area contributed by atoms with Crippen LogP contribution in [0, 0.1) is 6.92 Å². The standard InChI is InChI=1S/C16H12ClF3N2O2/c1-9-2-4-10(5-3-9)15(24)22-21-8-11-6-12(16(18,19)20)7-13(17)14(11)23/h2-8,23H,1H3,(H,22,24)/b21-8+. The Morgan fingerprint density at radius 3 is 2.46 bits per heavy atom. The lowest BCUT2D eigenvalue weighted by Gasteiger charge is -2.09. The number of aryl methyl sites for hydroxylation is 1. The molecule has 2 N–H and O–H groups in total. The molecule has 0 aliphatic carbocycles. The number of rotatable bonds is 3. The molecule has 2 rings (SSSR count). The van der Waals surface area contributed by atoms with E-state index in [4.69, 9.17) is 11.6 Å². The molecule has 2 aromatic rings. The number of aromatic hydroxyl groups is 1. The van der Waals surface area contributed by atoms with Crippen LogP contribution in [0.3, 0.4) is 0 Å². The lowest BCUT2D eigenvalue weighted by Crippen LogP contribution is -2.17. The van der Waals surface area contributed by atoms with Gasteiger partial charge in [-0.3, -0.25) is 4.79 Å². The van der Waals surface area contributed by atoms with Gasteiger partial charge in [0.1, 0.15) is 5.75 Å². The zero-order valence-corrected chi connectivity index (χ0v) is 13.1. The third-order valence-corrected chi connectivity index (χ3v) is 3.39. The summed E-state index contributed by atoms with van der Waals surface area (Å²) in [5.74, 6) is -1.10. The third-order valence-electron chi connectivity index (χ3n) is 3.10. The zero-order chi connectivity index (χ0) is 17.9. The summed E-state index contributed by atoms with van der Waals surface area (Å²) in [6, 6.07) is 7.92. The van der Waals surface area contributed by atoms with Crippen molar-refractivity contribution in [3.63, 3.8) is 0 Å². The Hall–Kier alpha value is -2.54. The molecule has 0 spiro atoms. The maximum Gasteiger partial charge on any atom is 0.416 e. The minimum absolute atomic E-state index is 0.265. The lowest BCUT2D eigenvalue weighted by atomic mass is 10.1. The first kappa shape index (κ1) is 17.8. The Labute approximate surface area is 140 Å². The number of hydrogen-bond acceptors (Lipinski definition) is 3. The summed E-state index contributed by atoms with van der Waals surface area (Å²) in [6.45, 7) is 1.86. The fraction of sp³-hybridized carbons (Fsp3) is 0.125. The number of nitrogens with one attached hydrogen (secondary N) is 1. The fourth-order valence-electron chi connectivity index (χ4n) is 1.81. The van der Waals surface area contributed by atoms with Crippen LogP contribution >= 0.6 is 11.6 Å². The monoisotopic (exact) mass is 356 g/mol. The molecule has 2 aromatic carbocycles. The van der Waals surface area contributed by atoms with Gasteiger partial charge >= 0.3 is 6.18 Å². The highest BCUT2D eigenvalue weighted by Crippen LogP contribution is 2.36. The normalized spacial score (nSPS) is 11.7. The van der Waals surface area contributed by atoms with Crippen LogP contribution in [0.4, 0.5) is 13.2 Å². The number of alkyl halides is 3. The minimum atomic E-state index is -4.62. The summed E-state index contributed by atoms with van der Waals surface area (Å²) in [7, 11) is 0. The molecular weight excluding hydrogens is 345 g/mol. The van der Waals surface area contributed by atoms with Gasteiger partial charge in [-0.05, 0) is 31.2 Å². The molecule has 0 aromatic heterocycles. The second kappa shape index (κ2) is 6.92. The maximum absolute atomic E-state index is 12.7. The maximum atomic E-state index is 12.7. The molecule has 0 radical (unpaired) electrons. The Morgan fingerprint density at radius 1 is 1.25 bits per heavy atom. The van der Waals surface area contributed by atoms with E-state index in [1.54, 1.807) is 24.3 Å². The molecule has 0 aliphatic rings. The van der Waals surface area contributed by atoms with Crippen molar-refractivity contribution < 1.29 is 23.1 Å². The Morgan fingerprint density at radius 2 is 1.88 bits per heavy atom. The predicted molar refractivity (Wildman–Crippen MR) is 84.4 cm³/mol. The number of phenolic OH excluding ortho intramolecular Hbond substituents is 1. The Bertz CT molecular complexity index is 787. The average Bonchev–Trinajstić information content (AvgIpc) is 2.50. The summed E-state index contributed by atoms with van der Waals surface area (Å²) in [6.07, 6.45) is -3.73. The number of hydrazone groups is 1. The molecule has 0 saturated carbocycles. The van der Waals surface area contributed by atoms with Gasteiger partial charge in [-0.1, -0.05) is 29.3 Å². The molecule has 4 nitrogen and oxygen atoms in total. The first-order chi connectivity index (χ1) is 11.2. The lowest BCUT2D eigenvalue weighted by molar-refractivity contribution is -0.137. The van der Waals surface area contributed by atoms with E-state index in [2.05, 4.69) is 10.5 Å². The van der Waals surface area contributed by atoms with E-state index in [9.17, 15) is 23.1 Å². The van der Waals surface area contributed by atoms with E-state index >= 15 is 0 Å². The van der Waals surface area contributed by atoms with Gasteiger partial charge in [-0.2, -0.15) is 18.3 Å². The predicted octanol–water partition coefficient (Wildman–Crippen LogP) is 4.14. The van der Waals surface area contributed by atoms with E-state index in [1.807, 2.05) is 6.92 Å². The summed E-state index contributed by atoms with van der Waals surface area (Å²) < 4.78 is 38.2. The first-order valence-electron chi connectivity index (χ1n) is 6.68. The summed E-state index contributed by atoms with van der Waals surface area (Å²) in [5.41, 5.74) is 2.18. The molecule has 0 bridgehead atoms. The van der Waals surface area contributed by atoms with Crippen molar-refractivity contribution >= 4 is 23.7 Å². The van der Waals surface area contributed by atoms with Crippen LogP contribution in [0.25, 0.3) is 0 Å². The van der Waals surface area contributed by atoms with Crippen LogP contribution in [0.5, 0.6) is 5.75 Å². The first-order valence-corrected chi connectivity index (χ1v) is 7.06. The molecule has 126 valence electrons. The molecule has 0 fully saturated rings. The number of halogens is 4. The van der Waals surface area contributed by atoms with Gasteiger partial charge in [0.15, 0.2) is 0 Å². The van der Waals surface area contributed by atoms with Gasteiger partial charge in [-0.25, -0.2) is 5.43 Å². The Kier molecular flexibility index (Phi) is 5.14. The Balaban J connectivity index is 2.18. The quantitative estimate of drug-likeness (QED) is 0.641. The second-order valence-electron chi connectivity index (χ2n) is 4.96. The van der Waals surface area contributed by atoms with Crippen molar-refractivity contribution in [2.75, 3.05) is 0 Å². The fourth-order valence-corrected chi connectivity index (χ4v) is 2.04. The van der Waals surface area contributed by atoms with Gasteiger partial charge < -0.3 is 5.11 Å². The number of carbonyl (C=O) groups is 1. The summed E-state index contributed by atoms with van der Waals surface area (Å²) >= 11 is 5.58. The van der Waals surface area contributed by atoms with E-state index in [-0.39, 0.29) is 5.56 Å². The van der Waals surface area contributed by atoms with E-state index < -0.39 is 28.4 Å². The molecular formula is C16H12ClF3N2O2. The van der Waals surface area contributed by atoms with E-state index in [0.717, 1.165) is 11.8 Å². The number of benzene rings is 2. The highest BCUT2D eigenvalue weighted by atomic mass is 35.5. The smallest absolute Gasteiger partial charge is 0.416 e. The summed E-state index contributed by atoms with van der Waals surface area (Å²) in [5, 5.41) is 12.8. The van der Waals surface area contributed by atoms with Crippen molar-refractivity contribution in [1.82, 2.24) is 5.43 Å². The van der Waals surface area contributed by atoms with E-state index in [0.29, 0.717) is 17.7 Å². The molecule has 24 heavy (non-hydrogen) atoms. The van der Waals surface area contributed by atoms with Crippen LogP contribution in [-0.4, -0.2) is 17.2 Å². The van der Waals surface area contributed by atoms with Crippen molar-refractivity contribution in [2.45, 2.75) is 13.1 Å². The molecule has 0 atom stereocenters. The molecule has 0 aliphatic heterocycles. The summed E-state index contributed by atoms with van der Waals surface area (Å²) in [4.78, 5) is 11.8. The van der Waals surface area contributed by atoms with E-state index in [1.165, 1.54) is 0 Å². The number of carbonyl (C=O) groups excluding carboxylic acids is 1. The number of hydrogen-bond donors (Lipinski definition) is 2. The van der Waals surface area contributed by atoms with Gasteiger partial charge in [-0.15, -0.1) is 0 Å². The van der Waals surface area contributed by atoms with Crippen LogP contribution in [0.15, 0.2) is 41.5 Å². The zero-order valence-electron chi connectivity index (χ0n) is 12.4. The highest BCUT2D eigenvalue weighted by Gasteiger charge is 2.32.